The molecular weight excluding hydrogens is 416 g/mol. The van der Waals surface area contributed by atoms with Crippen molar-refractivity contribution in [2.24, 2.45) is 0 Å². The summed E-state index contributed by atoms with van der Waals surface area (Å²) in [5.74, 6) is 1.50. The Labute approximate surface area is 194 Å². The van der Waals surface area contributed by atoms with Gasteiger partial charge in [-0.1, -0.05) is 18.2 Å². The van der Waals surface area contributed by atoms with Crippen molar-refractivity contribution in [3.05, 3.63) is 71.7 Å². The average molecular weight is 447 g/mol. The van der Waals surface area contributed by atoms with Crippen LogP contribution in [0.5, 0.6) is 11.6 Å². The minimum absolute atomic E-state index is 0.257. The van der Waals surface area contributed by atoms with Crippen molar-refractivity contribution < 1.29 is 9.53 Å². The third-order valence-corrected chi connectivity index (χ3v) is 5.73. The van der Waals surface area contributed by atoms with Crippen LogP contribution in [0.4, 0.5) is 11.4 Å². The van der Waals surface area contributed by atoms with Crippen LogP contribution in [-0.2, 0) is 6.54 Å². The monoisotopic (exact) mass is 446 g/mol. The highest BCUT2D eigenvalue weighted by molar-refractivity contribution is 6.06. The highest BCUT2D eigenvalue weighted by atomic mass is 16.5. The Balaban J connectivity index is 1.46. The molecule has 0 bridgehead atoms. The molecule has 1 aliphatic heterocycles. The Morgan fingerprint density at radius 3 is 2.82 bits per heavy atom. The number of nitrogens with zero attached hydrogens (tertiary/aromatic N) is 4. The van der Waals surface area contributed by atoms with Gasteiger partial charge in [0, 0.05) is 30.9 Å². The number of amides is 1. The maximum absolute atomic E-state index is 12.8. The molecular formula is C25H30N6O2. The smallest absolute Gasteiger partial charge is 0.255 e. The predicted molar refractivity (Wildman–Crippen MR) is 129 cm³/mol. The predicted octanol–water partition coefficient (Wildman–Crippen LogP) is 3.55. The van der Waals surface area contributed by atoms with Gasteiger partial charge in [-0.2, -0.15) is 4.98 Å². The second-order valence-corrected chi connectivity index (χ2v) is 8.37. The summed E-state index contributed by atoms with van der Waals surface area (Å²) < 4.78 is 6.06. The van der Waals surface area contributed by atoms with Crippen LogP contribution in [0.25, 0.3) is 0 Å². The Bertz CT molecular complexity index is 1120. The summed E-state index contributed by atoms with van der Waals surface area (Å²) in [5.41, 5.74) is 8.41. The molecule has 1 saturated heterocycles. The van der Waals surface area contributed by atoms with Crippen LogP contribution in [0.2, 0.25) is 0 Å². The van der Waals surface area contributed by atoms with Crippen molar-refractivity contribution in [3.63, 3.8) is 0 Å². The van der Waals surface area contributed by atoms with E-state index in [1.807, 2.05) is 25.1 Å². The number of hydrogen-bond acceptors (Lipinski definition) is 7. The molecule has 3 N–H and O–H groups in total. The van der Waals surface area contributed by atoms with E-state index in [1.165, 1.54) is 0 Å². The van der Waals surface area contributed by atoms with E-state index in [1.54, 1.807) is 36.5 Å². The van der Waals surface area contributed by atoms with Crippen LogP contribution in [-0.4, -0.2) is 58.9 Å². The zero-order chi connectivity index (χ0) is 23.2. The fourth-order valence-electron chi connectivity index (χ4n) is 3.74. The minimum atomic E-state index is -0.257. The Kier molecular flexibility index (Phi) is 7.16. The number of nitrogens with one attached hydrogen (secondary N) is 1. The zero-order valence-corrected chi connectivity index (χ0v) is 19.1. The molecule has 0 unspecified atom stereocenters. The van der Waals surface area contributed by atoms with Gasteiger partial charge in [0.05, 0.1) is 17.9 Å². The lowest BCUT2D eigenvalue weighted by Gasteiger charge is -2.19. The van der Waals surface area contributed by atoms with Crippen LogP contribution in [0.15, 0.2) is 54.7 Å². The van der Waals surface area contributed by atoms with E-state index in [2.05, 4.69) is 32.1 Å². The first-order valence-corrected chi connectivity index (χ1v) is 11.1. The van der Waals surface area contributed by atoms with E-state index in [-0.39, 0.29) is 5.91 Å². The van der Waals surface area contributed by atoms with Gasteiger partial charge in [0.2, 0.25) is 5.88 Å². The number of likely N-dealkylation sites (N-methyl/N-ethyl adjacent to an activating group) is 1. The second-order valence-electron chi connectivity index (χ2n) is 8.37. The van der Waals surface area contributed by atoms with E-state index < -0.39 is 0 Å². The Hall–Kier alpha value is -3.49. The summed E-state index contributed by atoms with van der Waals surface area (Å²) in [6.45, 7) is 6.79. The van der Waals surface area contributed by atoms with Crippen LogP contribution in [0.1, 0.15) is 28.2 Å². The SMILES string of the molecule is Cc1ccc(C(=O)Nc2ccccc2N)cc1Oc1ccnc(CN2CCCN(C)CC2)n1. The van der Waals surface area contributed by atoms with Gasteiger partial charge in [-0.3, -0.25) is 9.69 Å². The van der Waals surface area contributed by atoms with Crippen molar-refractivity contribution in [1.82, 2.24) is 19.8 Å². The first-order chi connectivity index (χ1) is 16.0. The number of nitrogens with two attached hydrogens (primary N) is 1. The number of nitrogen functional groups attached to an aromatic ring is 1. The molecule has 172 valence electrons. The van der Waals surface area contributed by atoms with E-state index in [0.717, 1.165) is 44.0 Å². The minimum Gasteiger partial charge on any atom is -0.439 e. The van der Waals surface area contributed by atoms with Crippen molar-refractivity contribution in [3.8, 4) is 11.6 Å². The standard InChI is InChI=1S/C25H30N6O2/c1-18-8-9-19(25(32)28-21-7-4-3-6-20(21)26)16-22(18)33-24-10-11-27-23(29-24)17-31-13-5-12-30(2)14-15-31/h3-4,6-11,16H,5,12-15,17,26H2,1-2H3,(H,28,32). The number of carbonyl (C=O) groups excluding carboxylic acids is 1. The summed E-state index contributed by atoms with van der Waals surface area (Å²) in [6, 6.07) is 14.2. The number of aryl methyl sites for hydroxylation is 1. The second kappa shape index (κ2) is 10.4. The van der Waals surface area contributed by atoms with Crippen LogP contribution < -0.4 is 15.8 Å². The van der Waals surface area contributed by atoms with Gasteiger partial charge in [0.1, 0.15) is 11.6 Å². The summed E-state index contributed by atoms with van der Waals surface area (Å²) in [7, 11) is 2.15. The maximum Gasteiger partial charge on any atom is 0.255 e. The third-order valence-electron chi connectivity index (χ3n) is 5.73. The zero-order valence-electron chi connectivity index (χ0n) is 19.1. The summed E-state index contributed by atoms with van der Waals surface area (Å²) >= 11 is 0. The maximum atomic E-state index is 12.8. The molecule has 1 aliphatic rings. The molecule has 0 atom stereocenters. The summed E-state index contributed by atoms with van der Waals surface area (Å²) in [6.07, 6.45) is 2.85. The van der Waals surface area contributed by atoms with Gasteiger partial charge in [-0.05, 0) is 63.3 Å². The molecule has 8 heteroatoms. The molecule has 1 amide bonds. The average Bonchev–Trinajstić information content (AvgIpc) is 3.01. The molecule has 2 heterocycles. The number of anilines is 2. The van der Waals surface area contributed by atoms with Crippen molar-refractivity contribution in [1.29, 1.82) is 0 Å². The van der Waals surface area contributed by atoms with Gasteiger partial charge in [-0.25, -0.2) is 4.98 Å². The van der Waals surface area contributed by atoms with Crippen LogP contribution in [0, 0.1) is 6.92 Å². The number of para-hydroxylation sites is 2. The molecule has 0 radical (unpaired) electrons. The van der Waals surface area contributed by atoms with Crippen molar-refractivity contribution in [2.75, 3.05) is 44.3 Å². The van der Waals surface area contributed by atoms with E-state index in [0.29, 0.717) is 35.1 Å². The van der Waals surface area contributed by atoms with Gasteiger partial charge >= 0.3 is 0 Å². The molecule has 2 aromatic carbocycles. The number of hydrogen-bond donors (Lipinski definition) is 2. The molecule has 1 fully saturated rings. The topological polar surface area (TPSA) is 96.6 Å². The van der Waals surface area contributed by atoms with Crippen LogP contribution in [0.3, 0.4) is 0 Å². The normalized spacial score (nSPS) is 15.1. The fourth-order valence-corrected chi connectivity index (χ4v) is 3.74. The lowest BCUT2D eigenvalue weighted by Crippen LogP contribution is -2.29. The summed E-state index contributed by atoms with van der Waals surface area (Å²) in [4.78, 5) is 26.5. The molecule has 3 aromatic rings. The third kappa shape index (κ3) is 6.06. The molecule has 0 spiro atoms. The van der Waals surface area contributed by atoms with Gasteiger partial charge in [0.25, 0.3) is 5.91 Å². The quantitative estimate of drug-likeness (QED) is 0.559. The fraction of sp³-hybridized carbons (Fsp3) is 0.320. The van der Waals surface area contributed by atoms with E-state index >= 15 is 0 Å². The number of benzene rings is 2. The lowest BCUT2D eigenvalue weighted by atomic mass is 10.1. The Morgan fingerprint density at radius 1 is 1.12 bits per heavy atom. The lowest BCUT2D eigenvalue weighted by molar-refractivity contribution is 0.102. The number of aromatic nitrogens is 2. The van der Waals surface area contributed by atoms with Crippen molar-refractivity contribution in [2.45, 2.75) is 19.9 Å². The van der Waals surface area contributed by atoms with Gasteiger partial charge in [-0.15, -0.1) is 0 Å². The number of ether oxygens (including phenoxy) is 1. The Morgan fingerprint density at radius 2 is 1.97 bits per heavy atom. The first kappa shape index (κ1) is 22.7. The van der Waals surface area contributed by atoms with Crippen LogP contribution >= 0.6 is 0 Å². The number of carbonyl (C=O) groups is 1. The van der Waals surface area contributed by atoms with Gasteiger partial charge in [0.15, 0.2) is 0 Å². The molecule has 1 aromatic heterocycles. The highest BCUT2D eigenvalue weighted by Gasteiger charge is 2.15. The largest absolute Gasteiger partial charge is 0.439 e. The highest BCUT2D eigenvalue weighted by Crippen LogP contribution is 2.26. The molecule has 33 heavy (non-hydrogen) atoms. The summed E-state index contributed by atoms with van der Waals surface area (Å²) in [5, 5.41) is 2.85. The molecule has 0 aliphatic carbocycles. The molecule has 8 nitrogen and oxygen atoms in total. The van der Waals surface area contributed by atoms with Gasteiger partial charge < -0.3 is 20.7 Å². The van der Waals surface area contributed by atoms with E-state index in [4.69, 9.17) is 10.5 Å². The molecule has 4 rings (SSSR count). The molecule has 0 saturated carbocycles. The number of rotatable bonds is 6. The van der Waals surface area contributed by atoms with Crippen molar-refractivity contribution >= 4 is 17.3 Å². The van der Waals surface area contributed by atoms with E-state index in [9.17, 15) is 4.79 Å². The first-order valence-electron chi connectivity index (χ1n) is 11.1.